The van der Waals surface area contributed by atoms with E-state index in [1.807, 2.05) is 20.8 Å². The molecule has 1 amide bonds. The number of rotatable bonds is 7. The number of nitrogens with zero attached hydrogens (tertiary/aromatic N) is 3. The molecule has 0 saturated heterocycles. The molecule has 10 heteroatoms. The second-order valence-corrected chi connectivity index (χ2v) is 12.9. The molecule has 0 bridgehead atoms. The molecule has 1 aliphatic carbocycles. The van der Waals surface area contributed by atoms with Crippen LogP contribution in [0.25, 0.3) is 10.9 Å². The largest absolute Gasteiger partial charge is 0.453 e. The third-order valence-corrected chi connectivity index (χ3v) is 8.64. The van der Waals surface area contributed by atoms with Crippen LogP contribution >= 0.6 is 0 Å². The third-order valence-electron chi connectivity index (χ3n) is 6.38. The summed E-state index contributed by atoms with van der Waals surface area (Å²) in [6.45, 7) is 7.71. The number of amides is 1. The minimum absolute atomic E-state index is 0.00330. The van der Waals surface area contributed by atoms with Crippen molar-refractivity contribution < 1.29 is 22.3 Å². The van der Waals surface area contributed by atoms with Crippen molar-refractivity contribution in [3.63, 3.8) is 0 Å². The Kier molecular flexibility index (Phi) is 6.46. The number of benzene rings is 2. The highest BCUT2D eigenvalue weighted by Crippen LogP contribution is 2.37. The Hall–Kier alpha value is -3.79. The smallest absolute Gasteiger partial charge is 0.228 e. The maximum Gasteiger partial charge on any atom is 0.228 e. The van der Waals surface area contributed by atoms with E-state index in [4.69, 9.17) is 4.74 Å². The predicted molar refractivity (Wildman–Crippen MR) is 143 cm³/mol. The van der Waals surface area contributed by atoms with Crippen molar-refractivity contribution in [1.29, 1.82) is 0 Å². The highest BCUT2D eigenvalue weighted by Gasteiger charge is 2.37. The SMILES string of the molecule is Cc1cc(CC(=O)Nc2cnn(C(C)(C)C)c2)cc(F)c1Oc1ccnc2ccc(S(=O)(=O)C3CC3)cc12. The first-order chi connectivity index (χ1) is 17.9. The Bertz CT molecular complexity index is 1630. The number of halogens is 1. The Labute approximate surface area is 220 Å². The average Bonchev–Trinajstić information content (AvgIpc) is 3.60. The number of ether oxygens (including phenoxy) is 1. The first kappa shape index (κ1) is 25.8. The average molecular weight is 537 g/mol. The molecule has 2 heterocycles. The number of hydrogen-bond acceptors (Lipinski definition) is 6. The summed E-state index contributed by atoms with van der Waals surface area (Å²) < 4.78 is 48.4. The van der Waals surface area contributed by atoms with Gasteiger partial charge >= 0.3 is 0 Å². The molecule has 0 radical (unpaired) electrons. The summed E-state index contributed by atoms with van der Waals surface area (Å²) in [5, 5.41) is 7.19. The number of pyridine rings is 1. The maximum atomic E-state index is 15.2. The van der Waals surface area contributed by atoms with Crippen LogP contribution in [-0.4, -0.2) is 34.3 Å². The molecule has 0 unspecified atom stereocenters. The Morgan fingerprint density at radius 3 is 2.61 bits per heavy atom. The van der Waals surface area contributed by atoms with Gasteiger partial charge in [0.15, 0.2) is 21.4 Å². The molecule has 0 spiro atoms. The fraction of sp³-hybridized carbons (Fsp3) is 0.321. The van der Waals surface area contributed by atoms with Gasteiger partial charge in [0, 0.05) is 17.8 Å². The molecule has 198 valence electrons. The minimum Gasteiger partial charge on any atom is -0.453 e. The van der Waals surface area contributed by atoms with Crippen LogP contribution in [0.4, 0.5) is 10.1 Å². The summed E-state index contributed by atoms with van der Waals surface area (Å²) in [5.74, 6) is -0.620. The number of carbonyl (C=O) groups excluding carboxylic acids is 1. The van der Waals surface area contributed by atoms with Crippen LogP contribution in [0.2, 0.25) is 0 Å². The molecule has 0 aliphatic heterocycles. The number of sulfone groups is 1. The Morgan fingerprint density at radius 1 is 1.18 bits per heavy atom. The lowest BCUT2D eigenvalue weighted by molar-refractivity contribution is -0.115. The van der Waals surface area contributed by atoms with Gasteiger partial charge in [-0.25, -0.2) is 12.8 Å². The first-order valence-corrected chi connectivity index (χ1v) is 13.9. The fourth-order valence-electron chi connectivity index (χ4n) is 4.22. The van der Waals surface area contributed by atoms with Gasteiger partial charge in [-0.15, -0.1) is 0 Å². The van der Waals surface area contributed by atoms with Crippen molar-refractivity contribution in [1.82, 2.24) is 14.8 Å². The van der Waals surface area contributed by atoms with Gasteiger partial charge in [0.1, 0.15) is 5.75 Å². The summed E-state index contributed by atoms with van der Waals surface area (Å²) in [6.07, 6.45) is 6.14. The van der Waals surface area contributed by atoms with E-state index in [1.165, 1.54) is 12.3 Å². The molecular formula is C28H29FN4O4S. The molecule has 2 aromatic heterocycles. The molecule has 4 aromatic rings. The van der Waals surface area contributed by atoms with Gasteiger partial charge in [0.2, 0.25) is 5.91 Å². The number of anilines is 1. The molecule has 2 aromatic carbocycles. The van der Waals surface area contributed by atoms with Gasteiger partial charge in [0.25, 0.3) is 0 Å². The molecule has 5 rings (SSSR count). The predicted octanol–water partition coefficient (Wildman–Crippen LogP) is 5.54. The molecule has 38 heavy (non-hydrogen) atoms. The van der Waals surface area contributed by atoms with E-state index < -0.39 is 15.7 Å². The zero-order valence-electron chi connectivity index (χ0n) is 21.7. The number of carbonyl (C=O) groups is 1. The van der Waals surface area contributed by atoms with Gasteiger partial charge in [0.05, 0.1) is 39.5 Å². The Balaban J connectivity index is 1.36. The van der Waals surface area contributed by atoms with E-state index >= 15 is 4.39 Å². The molecule has 8 nitrogen and oxygen atoms in total. The zero-order valence-corrected chi connectivity index (χ0v) is 22.5. The summed E-state index contributed by atoms with van der Waals surface area (Å²) in [5.41, 5.74) is 1.88. The summed E-state index contributed by atoms with van der Waals surface area (Å²) >= 11 is 0. The van der Waals surface area contributed by atoms with Gasteiger partial charge in [-0.1, -0.05) is 6.07 Å². The van der Waals surface area contributed by atoms with Crippen molar-refractivity contribution in [3.05, 3.63) is 71.9 Å². The monoisotopic (exact) mass is 536 g/mol. The van der Waals surface area contributed by atoms with Gasteiger partial charge in [-0.3, -0.25) is 14.5 Å². The number of aromatic nitrogens is 3. The molecule has 0 atom stereocenters. The topological polar surface area (TPSA) is 103 Å². The van der Waals surface area contributed by atoms with Crippen LogP contribution in [0.15, 0.2) is 59.9 Å². The van der Waals surface area contributed by atoms with Crippen molar-refractivity contribution in [3.8, 4) is 11.5 Å². The molecule has 1 aliphatic rings. The fourth-order valence-corrected chi connectivity index (χ4v) is 5.91. The minimum atomic E-state index is -3.41. The molecular weight excluding hydrogens is 507 g/mol. The van der Waals surface area contributed by atoms with Crippen LogP contribution in [0.5, 0.6) is 11.5 Å². The van der Waals surface area contributed by atoms with E-state index in [9.17, 15) is 13.2 Å². The summed E-state index contributed by atoms with van der Waals surface area (Å²) in [7, 11) is -3.41. The van der Waals surface area contributed by atoms with Crippen molar-refractivity contribution in [2.75, 3.05) is 5.32 Å². The summed E-state index contributed by atoms with van der Waals surface area (Å²) in [4.78, 5) is 17.1. The van der Waals surface area contributed by atoms with Crippen LogP contribution in [0.3, 0.4) is 0 Å². The quantitative estimate of drug-likeness (QED) is 0.333. The number of nitrogens with one attached hydrogen (secondary N) is 1. The normalized spacial score (nSPS) is 14.0. The first-order valence-electron chi connectivity index (χ1n) is 12.4. The lowest BCUT2D eigenvalue weighted by Gasteiger charge is -2.18. The molecule has 1 saturated carbocycles. The number of fused-ring (bicyclic) bond motifs is 1. The highest BCUT2D eigenvalue weighted by molar-refractivity contribution is 7.92. The van der Waals surface area contributed by atoms with Crippen molar-refractivity contribution in [2.45, 2.75) is 62.6 Å². The van der Waals surface area contributed by atoms with Gasteiger partial charge in [-0.05, 0) is 82.0 Å². The zero-order chi connectivity index (χ0) is 27.2. The standard InChI is InChI=1S/C28H29FN4O4S/c1-17-11-18(13-26(34)32-19-15-31-33(16-19)28(2,3)4)12-23(29)27(17)37-25-9-10-30-24-8-7-21(14-22(24)25)38(35,36)20-5-6-20/h7-12,14-16,20H,5-6,13H2,1-4H3,(H,32,34). The van der Waals surface area contributed by atoms with Crippen molar-refractivity contribution >= 4 is 32.3 Å². The van der Waals surface area contributed by atoms with Crippen LogP contribution in [0.1, 0.15) is 44.7 Å². The highest BCUT2D eigenvalue weighted by atomic mass is 32.2. The molecule has 1 fully saturated rings. The van der Waals surface area contributed by atoms with Crippen LogP contribution in [-0.2, 0) is 26.6 Å². The van der Waals surface area contributed by atoms with Crippen LogP contribution in [0, 0.1) is 12.7 Å². The second kappa shape index (κ2) is 9.50. The maximum absolute atomic E-state index is 15.2. The number of hydrogen-bond donors (Lipinski definition) is 1. The van der Waals surface area contributed by atoms with Gasteiger partial charge in [-0.2, -0.15) is 5.10 Å². The van der Waals surface area contributed by atoms with Crippen molar-refractivity contribution in [2.24, 2.45) is 0 Å². The lowest BCUT2D eigenvalue weighted by atomic mass is 10.1. The second-order valence-electron chi connectivity index (χ2n) is 10.6. The lowest BCUT2D eigenvalue weighted by Crippen LogP contribution is -2.22. The number of aryl methyl sites for hydroxylation is 1. The van der Waals surface area contributed by atoms with E-state index in [0.29, 0.717) is 46.3 Å². The van der Waals surface area contributed by atoms with Gasteiger partial charge < -0.3 is 10.1 Å². The third kappa shape index (κ3) is 5.26. The molecule has 1 N–H and O–H groups in total. The Morgan fingerprint density at radius 2 is 1.95 bits per heavy atom. The van der Waals surface area contributed by atoms with E-state index in [0.717, 1.165) is 0 Å². The van der Waals surface area contributed by atoms with E-state index in [-0.39, 0.29) is 33.8 Å². The van der Waals surface area contributed by atoms with E-state index in [2.05, 4.69) is 15.4 Å². The van der Waals surface area contributed by atoms with Crippen LogP contribution < -0.4 is 10.1 Å². The van der Waals surface area contributed by atoms with E-state index in [1.54, 1.807) is 54.3 Å². The summed E-state index contributed by atoms with van der Waals surface area (Å²) in [6, 6.07) is 9.27.